The van der Waals surface area contributed by atoms with E-state index >= 15 is 4.79 Å². The minimum Gasteiger partial charge on any atom is -0.455 e. The average molecular weight is 630 g/mol. The lowest BCUT2D eigenvalue weighted by Crippen LogP contribution is -2.82. The summed E-state index contributed by atoms with van der Waals surface area (Å²) in [5, 5.41) is 24.4. The molecule has 0 radical (unpaired) electrons. The molecule has 2 saturated carbocycles. The van der Waals surface area contributed by atoms with Crippen LogP contribution in [0.1, 0.15) is 57.8 Å². The first kappa shape index (κ1) is 33.1. The van der Waals surface area contributed by atoms with Crippen LogP contribution in [0.15, 0.2) is 41.5 Å². The Kier molecular flexibility index (Phi) is 8.21. The Hall–Kier alpha value is -3.32. The van der Waals surface area contributed by atoms with Gasteiger partial charge in [0.2, 0.25) is 0 Å². The molecular formula is C33H43NO11. The number of nitrogens with zero attached hydrogens (tertiary/aromatic N) is 1. The van der Waals surface area contributed by atoms with Crippen molar-refractivity contribution in [3.05, 3.63) is 47.0 Å². The number of carbonyl (C=O) groups excluding carboxylic acids is 4. The Morgan fingerprint density at radius 3 is 2.24 bits per heavy atom. The second-order valence-electron chi connectivity index (χ2n) is 13.6. The van der Waals surface area contributed by atoms with Gasteiger partial charge in [-0.25, -0.2) is 9.59 Å². The van der Waals surface area contributed by atoms with E-state index in [0.29, 0.717) is 11.1 Å². The zero-order chi connectivity index (χ0) is 33.3. The number of hydrogen-bond acceptors (Lipinski definition) is 11. The van der Waals surface area contributed by atoms with E-state index < -0.39 is 82.3 Å². The fourth-order valence-corrected chi connectivity index (χ4v) is 8.23. The normalized spacial score (nSPS) is 38.4. The maximum Gasteiger partial charge on any atom is 0.409 e. The fourth-order valence-electron chi connectivity index (χ4n) is 8.23. The summed E-state index contributed by atoms with van der Waals surface area (Å²) in [6.07, 6.45) is -7.18. The monoisotopic (exact) mass is 629 g/mol. The first-order chi connectivity index (χ1) is 21.0. The van der Waals surface area contributed by atoms with Crippen LogP contribution < -0.4 is 0 Å². The van der Waals surface area contributed by atoms with Gasteiger partial charge in [0, 0.05) is 46.4 Å². The molecule has 5 rings (SSSR count). The zero-order valence-corrected chi connectivity index (χ0v) is 27.0. The van der Waals surface area contributed by atoms with Crippen molar-refractivity contribution in [2.24, 2.45) is 16.7 Å². The molecule has 1 aromatic rings. The maximum atomic E-state index is 15.1. The molecule has 3 aliphatic carbocycles. The molecule has 0 aromatic heterocycles. The van der Waals surface area contributed by atoms with E-state index in [-0.39, 0.29) is 25.0 Å². The highest BCUT2D eigenvalue weighted by atomic mass is 16.6. The van der Waals surface area contributed by atoms with Crippen molar-refractivity contribution in [3.63, 3.8) is 0 Å². The van der Waals surface area contributed by atoms with Gasteiger partial charge in [0.25, 0.3) is 0 Å². The minimum atomic E-state index is -2.05. The quantitative estimate of drug-likeness (QED) is 0.280. The van der Waals surface area contributed by atoms with Gasteiger partial charge in [0.05, 0.1) is 29.6 Å². The summed E-state index contributed by atoms with van der Waals surface area (Å²) in [5.41, 5.74) is -5.73. The highest BCUT2D eigenvalue weighted by Crippen LogP contribution is 2.64. The number of aliphatic hydroxyl groups excluding tert-OH is 1. The molecule has 2 N–H and O–H groups in total. The van der Waals surface area contributed by atoms with E-state index in [1.54, 1.807) is 58.0 Å². The van der Waals surface area contributed by atoms with E-state index in [0.717, 1.165) is 0 Å². The number of ketones is 1. The molecule has 1 amide bonds. The van der Waals surface area contributed by atoms with Gasteiger partial charge < -0.3 is 38.8 Å². The van der Waals surface area contributed by atoms with Gasteiger partial charge in [-0.05, 0) is 37.1 Å². The van der Waals surface area contributed by atoms with Crippen LogP contribution >= 0.6 is 0 Å². The lowest BCUT2D eigenvalue weighted by Gasteiger charge is -2.67. The number of fused-ring (bicyclic) bond motifs is 5. The smallest absolute Gasteiger partial charge is 0.409 e. The van der Waals surface area contributed by atoms with Gasteiger partial charge >= 0.3 is 18.0 Å². The molecule has 45 heavy (non-hydrogen) atoms. The number of carbonyl (C=O) groups is 4. The number of aliphatic hydroxyl groups is 2. The van der Waals surface area contributed by atoms with Crippen molar-refractivity contribution < 1.29 is 53.1 Å². The van der Waals surface area contributed by atoms with E-state index in [1.165, 1.54) is 33.0 Å². The first-order valence-electron chi connectivity index (χ1n) is 15.1. The van der Waals surface area contributed by atoms with Crippen molar-refractivity contribution in [2.45, 2.75) is 89.2 Å². The van der Waals surface area contributed by atoms with Gasteiger partial charge in [-0.3, -0.25) is 9.59 Å². The Morgan fingerprint density at radius 1 is 1.07 bits per heavy atom. The molecular weight excluding hydrogens is 586 g/mol. The number of hydrogen-bond donors (Lipinski definition) is 2. The highest BCUT2D eigenvalue weighted by molar-refractivity contribution is 5.94. The van der Waals surface area contributed by atoms with Crippen molar-refractivity contribution >= 4 is 23.8 Å². The van der Waals surface area contributed by atoms with E-state index in [4.69, 9.17) is 23.7 Å². The molecule has 3 fully saturated rings. The highest BCUT2D eigenvalue weighted by Gasteiger charge is 2.78. The standard InChI is InChI=1S/C33H43NO11/c1-17-20(36)15-33(40)27(44-28(38)19-12-10-9-11-13-19)25-31(5,26(37)24(41-8)23(17)30(33,3)4)21(43-29(39)34(6)7)14-22-32(25,16-42-22)45-18(2)35/h9-13,20-22,24-25,27,36,40H,14-16H2,1-8H3/t20-,21-,22+,24+,25-,27-,31+,32-,33+/m0/s1. The van der Waals surface area contributed by atoms with Crippen molar-refractivity contribution in [3.8, 4) is 0 Å². The summed E-state index contributed by atoms with van der Waals surface area (Å²) < 4.78 is 30.2. The number of esters is 2. The Balaban J connectivity index is 1.85. The van der Waals surface area contributed by atoms with E-state index in [2.05, 4.69) is 0 Å². The van der Waals surface area contributed by atoms with Crippen LogP contribution in [0.5, 0.6) is 0 Å². The summed E-state index contributed by atoms with van der Waals surface area (Å²) in [6.45, 7) is 7.73. The van der Waals surface area contributed by atoms with E-state index in [1.807, 2.05) is 0 Å². The predicted molar refractivity (Wildman–Crippen MR) is 158 cm³/mol. The molecule has 1 heterocycles. The molecule has 12 nitrogen and oxygen atoms in total. The van der Waals surface area contributed by atoms with Gasteiger partial charge in [-0.1, -0.05) is 32.0 Å². The van der Waals surface area contributed by atoms with Crippen molar-refractivity contribution in [1.82, 2.24) is 4.90 Å². The number of benzene rings is 1. The van der Waals surface area contributed by atoms with Crippen LogP contribution in [-0.2, 0) is 33.3 Å². The summed E-state index contributed by atoms with van der Waals surface area (Å²) in [6, 6.07) is 8.16. The first-order valence-corrected chi connectivity index (χ1v) is 15.1. The zero-order valence-electron chi connectivity index (χ0n) is 27.0. The topological polar surface area (TPSA) is 158 Å². The third-order valence-corrected chi connectivity index (χ3v) is 10.7. The van der Waals surface area contributed by atoms with E-state index in [9.17, 15) is 24.6 Å². The number of rotatable bonds is 5. The summed E-state index contributed by atoms with van der Waals surface area (Å²) in [5.74, 6) is -3.32. The molecule has 4 aliphatic rings. The molecule has 2 bridgehead atoms. The molecule has 1 aliphatic heterocycles. The van der Waals surface area contributed by atoms with Gasteiger partial charge in [-0.2, -0.15) is 0 Å². The molecule has 12 heteroatoms. The number of methoxy groups -OCH3 is 1. The Morgan fingerprint density at radius 2 is 1.71 bits per heavy atom. The van der Waals surface area contributed by atoms with Crippen molar-refractivity contribution in [2.75, 3.05) is 27.8 Å². The largest absolute Gasteiger partial charge is 0.455 e. The second kappa shape index (κ2) is 11.2. The van der Waals surface area contributed by atoms with Crippen molar-refractivity contribution in [1.29, 1.82) is 0 Å². The molecule has 246 valence electrons. The van der Waals surface area contributed by atoms with Crippen LogP contribution in [0.3, 0.4) is 0 Å². The van der Waals surface area contributed by atoms with Gasteiger partial charge in [0.15, 0.2) is 11.4 Å². The summed E-state index contributed by atoms with van der Waals surface area (Å²) in [7, 11) is 4.36. The van der Waals surface area contributed by atoms with Gasteiger partial charge in [0.1, 0.15) is 30.0 Å². The van der Waals surface area contributed by atoms with Gasteiger partial charge in [-0.15, -0.1) is 0 Å². The van der Waals surface area contributed by atoms with Crippen LogP contribution in [0.25, 0.3) is 0 Å². The average Bonchev–Trinajstić information content (AvgIpc) is 2.97. The maximum absolute atomic E-state index is 15.1. The summed E-state index contributed by atoms with van der Waals surface area (Å²) in [4.78, 5) is 56.1. The number of ether oxygens (including phenoxy) is 5. The summed E-state index contributed by atoms with van der Waals surface area (Å²) >= 11 is 0. The molecule has 1 saturated heterocycles. The number of amides is 1. The lowest BCUT2D eigenvalue weighted by atomic mass is 9.44. The lowest BCUT2D eigenvalue weighted by molar-refractivity contribution is -0.345. The molecule has 0 spiro atoms. The predicted octanol–water partition coefficient (Wildman–Crippen LogP) is 2.44. The molecule has 9 atom stereocenters. The molecule has 0 unspecified atom stereocenters. The second-order valence-corrected chi connectivity index (χ2v) is 13.6. The Labute approximate surface area is 262 Å². The fraction of sp³-hybridized carbons (Fsp3) is 0.636. The van der Waals surface area contributed by atoms with Crippen LogP contribution in [0, 0.1) is 16.7 Å². The van der Waals surface area contributed by atoms with Crippen LogP contribution in [0.4, 0.5) is 4.79 Å². The third kappa shape index (κ3) is 4.71. The third-order valence-electron chi connectivity index (χ3n) is 10.7. The minimum absolute atomic E-state index is 0.0239. The SMILES string of the molecule is CO[C@H]1C(=O)[C@]2(C)[C@@H](OC(=O)N(C)C)C[C@H]3OC[C@@]3(OC(C)=O)[C@H]2[C@H](OC(=O)c2ccccc2)[C@]2(O)C[C@H](O)C(C)=C1C2(C)C. The van der Waals surface area contributed by atoms with Crippen LogP contribution in [0.2, 0.25) is 0 Å². The Bertz CT molecular complexity index is 1420. The number of Topliss-reactive ketones (excluding diaryl/α,β-unsaturated/α-hetero) is 1. The molecule has 1 aromatic carbocycles. The van der Waals surface area contributed by atoms with Crippen LogP contribution in [-0.4, -0.2) is 108 Å².